The Morgan fingerprint density at radius 1 is 1.24 bits per heavy atom. The third-order valence-corrected chi connectivity index (χ3v) is 6.25. The third kappa shape index (κ3) is 4.07. The van der Waals surface area contributed by atoms with Gasteiger partial charge in [-0.1, -0.05) is 6.92 Å². The van der Waals surface area contributed by atoms with Crippen LogP contribution < -0.4 is 10.2 Å². The maximum atomic E-state index is 12.7. The molecule has 0 spiro atoms. The predicted molar refractivity (Wildman–Crippen MR) is 116 cm³/mol. The van der Waals surface area contributed by atoms with Gasteiger partial charge in [0.05, 0.1) is 20.1 Å². The molecule has 0 saturated carbocycles. The van der Waals surface area contributed by atoms with Gasteiger partial charge in [-0.25, -0.2) is 4.98 Å². The van der Waals surface area contributed by atoms with Gasteiger partial charge < -0.3 is 10.2 Å². The number of aryl methyl sites for hydroxylation is 1. The molecule has 1 saturated heterocycles. The molecule has 2 aromatic carbocycles. The minimum Gasteiger partial charge on any atom is -0.366 e. The summed E-state index contributed by atoms with van der Waals surface area (Å²) in [5.41, 5.74) is 2.36. The number of aromatic nitrogens is 1. The van der Waals surface area contributed by atoms with Crippen molar-refractivity contribution in [1.29, 1.82) is 0 Å². The van der Waals surface area contributed by atoms with Crippen LogP contribution in [0.5, 0.6) is 0 Å². The molecule has 3 aromatic rings. The van der Waals surface area contributed by atoms with E-state index in [0.717, 1.165) is 41.2 Å². The van der Waals surface area contributed by atoms with E-state index in [1.807, 2.05) is 24.0 Å². The van der Waals surface area contributed by atoms with E-state index in [0.29, 0.717) is 17.3 Å². The van der Waals surface area contributed by atoms with E-state index in [1.165, 1.54) is 6.07 Å². The van der Waals surface area contributed by atoms with Gasteiger partial charge in [0, 0.05) is 30.4 Å². The number of nitro benzene ring substituents is 1. The number of hydrogen-bond donors (Lipinski definition) is 1. The summed E-state index contributed by atoms with van der Waals surface area (Å²) in [6, 6.07) is 10.2. The molecule has 1 aliphatic rings. The summed E-state index contributed by atoms with van der Waals surface area (Å²) in [4.78, 5) is 30.4. The number of thiazole rings is 1. The first-order chi connectivity index (χ1) is 13.9. The van der Waals surface area contributed by atoms with Crippen LogP contribution in [-0.2, 0) is 0 Å². The highest BCUT2D eigenvalue weighted by molar-refractivity contribution is 7.18. The van der Waals surface area contributed by atoms with Crippen LogP contribution in [0.1, 0.15) is 35.1 Å². The minimum atomic E-state index is -0.406. The fraction of sp³-hybridized carbons (Fsp3) is 0.333. The van der Waals surface area contributed by atoms with Gasteiger partial charge in [0.2, 0.25) is 0 Å². The van der Waals surface area contributed by atoms with Gasteiger partial charge in [-0.15, -0.1) is 11.3 Å². The molecule has 1 aliphatic heterocycles. The molecular weight excluding hydrogens is 388 g/mol. The van der Waals surface area contributed by atoms with Crippen LogP contribution in [0.25, 0.3) is 10.2 Å². The number of anilines is 2. The van der Waals surface area contributed by atoms with Crippen molar-refractivity contribution in [2.75, 3.05) is 23.3 Å². The zero-order chi connectivity index (χ0) is 20.5. The van der Waals surface area contributed by atoms with E-state index in [-0.39, 0.29) is 17.2 Å². The molecular formula is C21H22N4O3S. The SMILES string of the molecule is Cc1nc2ccc(NC(=O)c3ccc(N4CCC(C)CC4)c([N+](=O)[O-])c3)cc2s1. The Kier molecular flexibility index (Phi) is 5.19. The number of fused-ring (bicyclic) bond motifs is 1. The van der Waals surface area contributed by atoms with Gasteiger partial charge in [-0.05, 0) is 56.0 Å². The lowest BCUT2D eigenvalue weighted by Gasteiger charge is -2.31. The summed E-state index contributed by atoms with van der Waals surface area (Å²) in [5, 5.41) is 15.4. The van der Waals surface area contributed by atoms with Crippen LogP contribution in [0.4, 0.5) is 17.1 Å². The molecule has 150 valence electrons. The maximum Gasteiger partial charge on any atom is 0.293 e. The molecule has 1 amide bonds. The Labute approximate surface area is 172 Å². The molecule has 0 atom stereocenters. The number of rotatable bonds is 4. The fourth-order valence-electron chi connectivity index (χ4n) is 3.65. The van der Waals surface area contributed by atoms with Crippen LogP contribution in [0.15, 0.2) is 36.4 Å². The van der Waals surface area contributed by atoms with E-state index in [4.69, 9.17) is 0 Å². The quantitative estimate of drug-likeness (QED) is 0.483. The Bertz CT molecular complexity index is 1090. The fourth-order valence-corrected chi connectivity index (χ4v) is 4.52. The average molecular weight is 410 g/mol. The number of hydrogen-bond acceptors (Lipinski definition) is 6. The summed E-state index contributed by atoms with van der Waals surface area (Å²) in [7, 11) is 0. The van der Waals surface area contributed by atoms with Crippen LogP contribution in [0.3, 0.4) is 0 Å². The second-order valence-corrected chi connectivity index (χ2v) is 8.73. The van der Waals surface area contributed by atoms with Crippen LogP contribution in [0, 0.1) is 23.0 Å². The lowest BCUT2D eigenvalue weighted by Crippen LogP contribution is -2.33. The van der Waals surface area contributed by atoms with Crippen LogP contribution >= 0.6 is 11.3 Å². The number of carbonyl (C=O) groups is 1. The van der Waals surface area contributed by atoms with E-state index >= 15 is 0 Å². The first-order valence-corrected chi connectivity index (χ1v) is 10.4. The lowest BCUT2D eigenvalue weighted by atomic mass is 9.98. The van der Waals surface area contributed by atoms with Gasteiger partial charge in [0.25, 0.3) is 11.6 Å². The summed E-state index contributed by atoms with van der Waals surface area (Å²) < 4.78 is 0.987. The molecule has 1 aromatic heterocycles. The number of nitro groups is 1. The highest BCUT2D eigenvalue weighted by Gasteiger charge is 2.24. The number of nitrogens with zero attached hydrogens (tertiary/aromatic N) is 3. The van der Waals surface area contributed by atoms with Gasteiger partial charge in [0.15, 0.2) is 0 Å². The smallest absolute Gasteiger partial charge is 0.293 e. The average Bonchev–Trinajstić information content (AvgIpc) is 3.07. The monoisotopic (exact) mass is 410 g/mol. The van der Waals surface area contributed by atoms with E-state index in [1.54, 1.807) is 29.5 Å². The van der Waals surface area contributed by atoms with Crippen molar-refractivity contribution in [3.63, 3.8) is 0 Å². The predicted octanol–water partition coefficient (Wildman–Crippen LogP) is 5.00. The van der Waals surface area contributed by atoms with E-state index < -0.39 is 4.92 Å². The number of nitrogens with one attached hydrogen (secondary N) is 1. The normalized spacial score (nSPS) is 14.9. The van der Waals surface area contributed by atoms with Crippen LogP contribution in [-0.4, -0.2) is 28.9 Å². The van der Waals surface area contributed by atoms with Crippen molar-refractivity contribution in [3.8, 4) is 0 Å². The highest BCUT2D eigenvalue weighted by atomic mass is 32.1. The first kappa shape index (κ1) is 19.3. The molecule has 4 rings (SSSR count). The Hall–Kier alpha value is -3.00. The zero-order valence-electron chi connectivity index (χ0n) is 16.3. The molecule has 1 N–H and O–H groups in total. The number of piperidine rings is 1. The minimum absolute atomic E-state index is 0.0271. The second kappa shape index (κ2) is 7.79. The van der Waals surface area contributed by atoms with Gasteiger partial charge >= 0.3 is 0 Å². The number of carbonyl (C=O) groups excluding carboxylic acids is 1. The molecule has 29 heavy (non-hydrogen) atoms. The molecule has 7 nitrogen and oxygen atoms in total. The number of benzene rings is 2. The topological polar surface area (TPSA) is 88.4 Å². The summed E-state index contributed by atoms with van der Waals surface area (Å²) >= 11 is 1.56. The van der Waals surface area contributed by atoms with Crippen molar-refractivity contribution in [3.05, 3.63) is 57.1 Å². The molecule has 0 radical (unpaired) electrons. The summed E-state index contributed by atoms with van der Waals surface area (Å²) in [5.74, 6) is 0.266. The van der Waals surface area contributed by atoms with E-state index in [2.05, 4.69) is 17.2 Å². The standard InChI is InChI=1S/C21H22N4O3S/c1-13-7-9-24(10-8-13)18-6-3-15(11-19(18)25(27)28)21(26)23-16-4-5-17-20(12-16)29-14(2)22-17/h3-6,11-13H,7-10H2,1-2H3,(H,23,26). The Morgan fingerprint density at radius 3 is 2.72 bits per heavy atom. The summed E-state index contributed by atoms with van der Waals surface area (Å²) in [6.07, 6.45) is 2.03. The van der Waals surface area contributed by atoms with Crippen molar-refractivity contribution < 1.29 is 9.72 Å². The van der Waals surface area contributed by atoms with Crippen molar-refractivity contribution >= 4 is 44.5 Å². The maximum absolute atomic E-state index is 12.7. The van der Waals surface area contributed by atoms with Gasteiger partial charge in [-0.3, -0.25) is 14.9 Å². The molecule has 0 bridgehead atoms. The van der Waals surface area contributed by atoms with Crippen molar-refractivity contribution in [2.24, 2.45) is 5.92 Å². The Balaban J connectivity index is 1.57. The summed E-state index contributed by atoms with van der Waals surface area (Å²) in [6.45, 7) is 5.72. The Morgan fingerprint density at radius 2 is 2.00 bits per heavy atom. The van der Waals surface area contributed by atoms with Gasteiger partial charge in [0.1, 0.15) is 5.69 Å². The molecule has 0 unspecified atom stereocenters. The molecule has 8 heteroatoms. The molecule has 2 heterocycles. The highest BCUT2D eigenvalue weighted by Crippen LogP contribution is 2.33. The lowest BCUT2D eigenvalue weighted by molar-refractivity contribution is -0.384. The molecule has 0 aliphatic carbocycles. The second-order valence-electron chi connectivity index (χ2n) is 7.50. The van der Waals surface area contributed by atoms with Crippen molar-refractivity contribution in [1.82, 2.24) is 4.98 Å². The largest absolute Gasteiger partial charge is 0.366 e. The van der Waals surface area contributed by atoms with Crippen LogP contribution in [0.2, 0.25) is 0 Å². The molecule has 1 fully saturated rings. The van der Waals surface area contributed by atoms with Gasteiger partial charge in [-0.2, -0.15) is 0 Å². The van der Waals surface area contributed by atoms with E-state index in [9.17, 15) is 14.9 Å². The van der Waals surface area contributed by atoms with Crippen molar-refractivity contribution in [2.45, 2.75) is 26.7 Å². The number of amides is 1. The zero-order valence-corrected chi connectivity index (χ0v) is 17.2. The third-order valence-electron chi connectivity index (χ3n) is 5.31. The first-order valence-electron chi connectivity index (χ1n) is 9.62.